The lowest BCUT2D eigenvalue weighted by molar-refractivity contribution is -0.258. The number of aliphatic hydroxyl groups is 2. The molecule has 0 radical (unpaired) electrons. The number of aliphatic hydroxyl groups excluding tert-OH is 2. The Labute approximate surface area is 349 Å². The summed E-state index contributed by atoms with van der Waals surface area (Å²) in [5, 5.41) is 37.5. The highest BCUT2D eigenvalue weighted by Crippen LogP contribution is 2.61. The van der Waals surface area contributed by atoms with Crippen molar-refractivity contribution in [3.63, 3.8) is 0 Å². The van der Waals surface area contributed by atoms with Crippen molar-refractivity contribution in [3.05, 3.63) is 69.2 Å². The zero-order valence-electron chi connectivity index (χ0n) is 33.8. The normalized spacial score (nSPS) is 40.8. The Morgan fingerprint density at radius 2 is 1.86 bits per heavy atom. The minimum absolute atomic E-state index is 0.00395. The topological polar surface area (TPSA) is 184 Å². The maximum atomic E-state index is 15.1. The third kappa shape index (κ3) is 6.98. The minimum Gasteiger partial charge on any atom is -0.511 e. The largest absolute Gasteiger partial charge is 0.511 e. The van der Waals surface area contributed by atoms with E-state index in [-0.39, 0.29) is 69.3 Å². The first-order chi connectivity index (χ1) is 27.5. The monoisotopic (exact) mass is 842 g/mol. The van der Waals surface area contributed by atoms with Gasteiger partial charge in [0.1, 0.15) is 22.2 Å². The van der Waals surface area contributed by atoms with Crippen molar-refractivity contribution < 1.29 is 48.7 Å². The number of nitrogens with one attached hydrogen (secondary N) is 2. The Balaban J connectivity index is 1.21. The Morgan fingerprint density at radius 3 is 2.52 bits per heavy atom. The number of amides is 1. The van der Waals surface area contributed by atoms with Crippen LogP contribution in [0.3, 0.4) is 0 Å². The number of Topliss-reactive ketones (excluding diaryl/α,β-unsaturated/α-hetero) is 1. The summed E-state index contributed by atoms with van der Waals surface area (Å²) < 4.78 is 19.3. The van der Waals surface area contributed by atoms with Gasteiger partial charge in [-0.1, -0.05) is 80.8 Å². The van der Waals surface area contributed by atoms with Gasteiger partial charge in [0, 0.05) is 29.7 Å². The van der Waals surface area contributed by atoms with E-state index in [1.54, 1.807) is 19.9 Å². The van der Waals surface area contributed by atoms with Crippen LogP contribution in [0.2, 0.25) is 10.2 Å². The molecule has 2 bridgehead atoms. The quantitative estimate of drug-likeness (QED) is 0.103. The van der Waals surface area contributed by atoms with Crippen molar-refractivity contribution in [1.29, 1.82) is 0 Å². The van der Waals surface area contributed by atoms with E-state index in [1.165, 1.54) is 6.07 Å². The first-order valence-electron chi connectivity index (χ1n) is 20.9. The second-order valence-corrected chi connectivity index (χ2v) is 18.4. The number of aromatic nitrogens is 1. The maximum Gasteiger partial charge on any atom is 0.346 e. The van der Waals surface area contributed by atoms with Crippen LogP contribution in [0.25, 0.3) is 0 Å². The smallest absolute Gasteiger partial charge is 0.346 e. The van der Waals surface area contributed by atoms with Crippen LogP contribution >= 0.6 is 23.2 Å². The minimum atomic E-state index is -1.72. The zero-order valence-corrected chi connectivity index (χ0v) is 35.3. The molecule has 0 aromatic carbocycles. The predicted octanol–water partition coefficient (Wildman–Crippen LogP) is 7.80. The number of aliphatic carboxylic acids is 1. The first-order valence-corrected chi connectivity index (χ1v) is 21.6. The molecule has 2 saturated heterocycles. The molecule has 0 unspecified atom stereocenters. The Hall–Kier alpha value is -3.42. The van der Waals surface area contributed by atoms with Crippen molar-refractivity contribution in [2.45, 2.75) is 135 Å². The lowest BCUT2D eigenvalue weighted by Gasteiger charge is -2.55. The molecule has 58 heavy (non-hydrogen) atoms. The van der Waals surface area contributed by atoms with Crippen LogP contribution in [-0.4, -0.2) is 80.2 Å². The molecule has 5 N–H and O–H groups in total. The van der Waals surface area contributed by atoms with Crippen molar-refractivity contribution in [3.8, 4) is 0 Å². The fourth-order valence-electron chi connectivity index (χ4n) is 11.3. The molecule has 12 nitrogen and oxygen atoms in total. The molecule has 14 heteroatoms. The summed E-state index contributed by atoms with van der Waals surface area (Å²) in [6, 6.07) is 0.674. The highest BCUT2D eigenvalue weighted by atomic mass is 35.5. The van der Waals surface area contributed by atoms with Gasteiger partial charge < -0.3 is 39.8 Å². The molecule has 1 spiro atoms. The van der Waals surface area contributed by atoms with E-state index in [4.69, 9.17) is 37.4 Å². The molecule has 3 fully saturated rings. The first kappa shape index (κ1) is 42.7. The number of fused-ring (bicyclic) bond motifs is 4. The van der Waals surface area contributed by atoms with Crippen molar-refractivity contribution in [1.82, 2.24) is 10.3 Å². The highest BCUT2D eigenvalue weighted by molar-refractivity contribution is 6.36. The van der Waals surface area contributed by atoms with Crippen molar-refractivity contribution in [2.75, 3.05) is 0 Å². The standard InChI is InChI=1S/C44H56Cl2N2O10/c1-6-24-20-44-38(51)33(41(55)58-44)37(50)43(7-2)25(12-10-8-9-11-17-42(44,5)21-27(24)40(53)54)14-15-26-28(43)16-13-22(3)36(26)57-32-19-30(49)34(23(4)56-32)48-39(52)35-29(45)18-31(46)47-35/h11,14-15,17-18,21-26,28,30,32,34,36,47,49-50H,6-10,12-13,16,19-20H2,1-5H3,(H,48,52)(H,53,54)/b17-11+,37-33?/t22-,23+,24-,25+,26-,28-,30+,32-,34+,36-,42-,43+,44+/m0/s1. The number of esters is 1. The molecule has 4 aliphatic carbocycles. The van der Waals surface area contributed by atoms with Gasteiger partial charge in [-0.15, -0.1) is 0 Å². The number of halogens is 2. The second kappa shape index (κ2) is 16.2. The average Bonchev–Trinajstić information content (AvgIpc) is 3.65. The molecule has 2 aliphatic heterocycles. The number of carboxylic acids is 1. The van der Waals surface area contributed by atoms with E-state index in [0.29, 0.717) is 25.7 Å². The summed E-state index contributed by atoms with van der Waals surface area (Å²) in [6.07, 6.45) is 12.3. The maximum absolute atomic E-state index is 15.1. The SMILES string of the molecule is CC[C@H]1C[C@]23OC(=O)C(=C(O)[C@]4(CC)[C@@H](C=C[C@@H]5[C@@H](O[C@H]6C[C@@H](O)[C@H](NC(=O)c7[nH]c(Cl)cc7Cl)[C@@H](C)O6)[C@@H](C)CC[C@@H]54)CCCC/C=C/[C@@]2(C)C=C1C(=O)O)C3=O. The number of rotatable bonds is 7. The molecule has 1 saturated carbocycles. The molecule has 7 rings (SSSR count). The average molecular weight is 844 g/mol. The molecule has 1 aromatic rings. The number of ketones is 1. The Bertz CT molecular complexity index is 1940. The summed E-state index contributed by atoms with van der Waals surface area (Å²) in [5.41, 5.74) is -4.03. The van der Waals surface area contributed by atoms with Gasteiger partial charge in [0.15, 0.2) is 11.9 Å². The third-order valence-electron chi connectivity index (χ3n) is 14.5. The summed E-state index contributed by atoms with van der Waals surface area (Å²) in [6.45, 7) is 9.47. The Morgan fingerprint density at radius 1 is 1.10 bits per heavy atom. The summed E-state index contributed by atoms with van der Waals surface area (Å²) in [5.74, 6) is -4.44. The van der Waals surface area contributed by atoms with Gasteiger partial charge in [-0.25, -0.2) is 9.59 Å². The van der Waals surface area contributed by atoms with Crippen LogP contribution in [0.4, 0.5) is 0 Å². The number of aromatic amines is 1. The van der Waals surface area contributed by atoms with Gasteiger partial charge in [-0.2, -0.15) is 0 Å². The van der Waals surface area contributed by atoms with Crippen molar-refractivity contribution in [2.24, 2.45) is 40.4 Å². The van der Waals surface area contributed by atoms with Gasteiger partial charge >= 0.3 is 11.9 Å². The fraction of sp³-hybridized carbons (Fsp3) is 0.636. The fourth-order valence-corrected chi connectivity index (χ4v) is 11.8. The van der Waals surface area contributed by atoms with Gasteiger partial charge in [0.2, 0.25) is 5.78 Å². The number of hydrogen-bond donors (Lipinski definition) is 5. The molecule has 1 aromatic heterocycles. The van der Waals surface area contributed by atoms with Crippen LogP contribution in [0.15, 0.2) is 53.4 Å². The summed E-state index contributed by atoms with van der Waals surface area (Å²) in [7, 11) is 0. The van der Waals surface area contributed by atoms with Gasteiger partial charge in [-0.05, 0) is 88.5 Å². The van der Waals surface area contributed by atoms with E-state index in [2.05, 4.69) is 29.4 Å². The highest BCUT2D eigenvalue weighted by Gasteiger charge is 2.67. The second-order valence-electron chi connectivity index (χ2n) is 17.6. The van der Waals surface area contributed by atoms with E-state index in [0.717, 1.165) is 25.7 Å². The van der Waals surface area contributed by atoms with Crippen LogP contribution in [0.1, 0.15) is 109 Å². The van der Waals surface area contributed by atoms with Gasteiger partial charge in [0.05, 0.1) is 34.8 Å². The number of hydrogen-bond acceptors (Lipinski definition) is 9. The third-order valence-corrected chi connectivity index (χ3v) is 15.0. The number of ether oxygens (including phenoxy) is 3. The number of allylic oxidation sites excluding steroid dienone is 3. The number of carboxylic acid groups (broad SMARTS) is 1. The van der Waals surface area contributed by atoms with Gasteiger partial charge in [0.25, 0.3) is 5.91 Å². The number of H-pyrrole nitrogens is 1. The van der Waals surface area contributed by atoms with Crippen LogP contribution in [-0.2, 0) is 28.6 Å². The lowest BCUT2D eigenvalue weighted by atomic mass is 9.50. The van der Waals surface area contributed by atoms with E-state index < -0.39 is 76.6 Å². The number of carbonyl (C=O) groups excluding carboxylic acids is 3. The summed E-state index contributed by atoms with van der Waals surface area (Å²) >= 11 is 12.2. The Kier molecular flexibility index (Phi) is 11.9. The van der Waals surface area contributed by atoms with E-state index in [9.17, 15) is 29.7 Å². The van der Waals surface area contributed by atoms with Crippen LogP contribution in [0.5, 0.6) is 0 Å². The molecule has 1 amide bonds. The predicted molar refractivity (Wildman–Crippen MR) is 216 cm³/mol. The van der Waals surface area contributed by atoms with Crippen LogP contribution in [0, 0.1) is 40.4 Å². The molecule has 316 valence electrons. The molecule has 6 aliphatic rings. The van der Waals surface area contributed by atoms with E-state index >= 15 is 4.79 Å². The number of carbonyl (C=O) groups is 4. The molecule has 13 atom stereocenters. The summed E-state index contributed by atoms with van der Waals surface area (Å²) in [4.78, 5) is 57.5. The van der Waals surface area contributed by atoms with E-state index in [1.807, 2.05) is 26.0 Å². The molecular weight excluding hydrogens is 787 g/mol. The van der Waals surface area contributed by atoms with Crippen molar-refractivity contribution >= 4 is 46.8 Å². The van der Waals surface area contributed by atoms with Crippen LogP contribution < -0.4 is 5.32 Å². The molecule has 3 heterocycles. The zero-order chi connectivity index (χ0) is 41.9. The molecular formula is C44H56Cl2N2O10. The lowest BCUT2D eigenvalue weighted by Crippen LogP contribution is -2.58. The van der Waals surface area contributed by atoms with Gasteiger partial charge in [-0.3, -0.25) is 9.59 Å².